The van der Waals surface area contributed by atoms with E-state index in [2.05, 4.69) is 27.4 Å². The topological polar surface area (TPSA) is 67.0 Å². The fourth-order valence-electron chi connectivity index (χ4n) is 3.10. The molecule has 132 valence electrons. The fourth-order valence-corrected chi connectivity index (χ4v) is 3.10. The first-order valence-electron chi connectivity index (χ1n) is 8.82. The molecule has 3 aromatic rings. The Labute approximate surface area is 152 Å². The van der Waals surface area contributed by atoms with Crippen molar-refractivity contribution in [1.82, 2.24) is 15.3 Å². The summed E-state index contributed by atoms with van der Waals surface area (Å²) in [7, 11) is 0. The third-order valence-electron chi connectivity index (χ3n) is 4.67. The van der Waals surface area contributed by atoms with Crippen molar-refractivity contribution in [2.45, 2.75) is 25.5 Å². The van der Waals surface area contributed by atoms with Gasteiger partial charge in [-0.3, -0.25) is 4.79 Å². The van der Waals surface area contributed by atoms with E-state index in [1.165, 1.54) is 5.56 Å². The third kappa shape index (κ3) is 3.94. The number of nitrogens with zero attached hydrogens (tertiary/aromatic N) is 1. The number of amides is 1. The van der Waals surface area contributed by atoms with Crippen molar-refractivity contribution >= 4 is 5.91 Å². The van der Waals surface area contributed by atoms with Gasteiger partial charge in [0, 0.05) is 18.3 Å². The highest BCUT2D eigenvalue weighted by molar-refractivity contribution is 5.82. The highest BCUT2D eigenvalue weighted by atomic mass is 16.5. The van der Waals surface area contributed by atoms with Crippen LogP contribution in [0.4, 0.5) is 0 Å². The minimum atomic E-state index is 0.0565. The number of rotatable bonds is 7. The number of aromatic nitrogens is 2. The summed E-state index contributed by atoms with van der Waals surface area (Å²) in [5.74, 6) is 2.07. The quantitative estimate of drug-likeness (QED) is 0.688. The second-order valence-electron chi connectivity index (χ2n) is 6.55. The van der Waals surface area contributed by atoms with Gasteiger partial charge in [0.15, 0.2) is 0 Å². The molecule has 0 saturated heterocycles. The van der Waals surface area contributed by atoms with Crippen LogP contribution in [0.15, 0.2) is 67.0 Å². The molecule has 1 aromatic heterocycles. The Kier molecular flexibility index (Phi) is 4.69. The zero-order valence-electron chi connectivity index (χ0n) is 14.4. The van der Waals surface area contributed by atoms with E-state index in [0.29, 0.717) is 19.1 Å². The van der Waals surface area contributed by atoms with Gasteiger partial charge in [0.25, 0.3) is 0 Å². The number of carbonyl (C=O) groups is 1. The number of hydrogen-bond acceptors (Lipinski definition) is 3. The average Bonchev–Trinajstić information content (AvgIpc) is 3.32. The van der Waals surface area contributed by atoms with Crippen LogP contribution in [0.2, 0.25) is 0 Å². The number of H-pyrrole nitrogens is 1. The van der Waals surface area contributed by atoms with Gasteiger partial charge in [-0.15, -0.1) is 0 Å². The Balaban J connectivity index is 1.27. The minimum Gasteiger partial charge on any atom is -0.489 e. The largest absolute Gasteiger partial charge is 0.489 e. The maximum absolute atomic E-state index is 12.2. The molecule has 2 aromatic carbocycles. The van der Waals surface area contributed by atoms with Crippen LogP contribution in [0.1, 0.15) is 29.3 Å². The van der Waals surface area contributed by atoms with E-state index in [9.17, 15) is 4.79 Å². The van der Waals surface area contributed by atoms with E-state index in [1.807, 2.05) is 42.5 Å². The number of imidazole rings is 1. The molecule has 1 heterocycles. The molecule has 1 aliphatic carbocycles. The van der Waals surface area contributed by atoms with Gasteiger partial charge in [0.2, 0.25) is 5.91 Å². The lowest BCUT2D eigenvalue weighted by Gasteiger charge is -2.07. The van der Waals surface area contributed by atoms with E-state index >= 15 is 0 Å². The van der Waals surface area contributed by atoms with E-state index in [0.717, 1.165) is 23.6 Å². The van der Waals surface area contributed by atoms with Crippen LogP contribution < -0.4 is 10.1 Å². The van der Waals surface area contributed by atoms with Crippen LogP contribution in [-0.2, 0) is 17.9 Å². The van der Waals surface area contributed by atoms with Crippen molar-refractivity contribution in [2.24, 2.45) is 5.92 Å². The monoisotopic (exact) mass is 347 g/mol. The standard InChI is InChI=1S/C21H21N3O2/c25-21(24-13-20-22-10-11-23-20)19-12-18(19)16-6-8-17(9-7-16)26-14-15-4-2-1-3-5-15/h1-11,18-19H,12-14H2,(H,22,23)(H,24,25). The SMILES string of the molecule is O=C(NCc1ncc[nH]1)C1CC1c1ccc(OCc2ccccc2)cc1. The highest BCUT2D eigenvalue weighted by Gasteiger charge is 2.43. The molecule has 1 fully saturated rings. The zero-order valence-corrected chi connectivity index (χ0v) is 14.4. The first-order valence-corrected chi connectivity index (χ1v) is 8.82. The molecular weight excluding hydrogens is 326 g/mol. The number of carbonyl (C=O) groups excluding carboxylic acids is 1. The van der Waals surface area contributed by atoms with E-state index in [4.69, 9.17) is 4.74 Å². The van der Waals surface area contributed by atoms with Gasteiger partial charge in [0.1, 0.15) is 18.2 Å². The van der Waals surface area contributed by atoms with E-state index < -0.39 is 0 Å². The third-order valence-corrected chi connectivity index (χ3v) is 4.67. The summed E-state index contributed by atoms with van der Waals surface area (Å²) in [6.45, 7) is 1.00. The number of benzene rings is 2. The van der Waals surface area contributed by atoms with Crippen LogP contribution in [0.3, 0.4) is 0 Å². The minimum absolute atomic E-state index is 0.0565. The molecule has 2 unspecified atom stereocenters. The summed E-state index contributed by atoms with van der Waals surface area (Å²) in [5.41, 5.74) is 2.34. The predicted molar refractivity (Wildman–Crippen MR) is 98.5 cm³/mol. The van der Waals surface area contributed by atoms with Crippen molar-refractivity contribution in [3.8, 4) is 5.75 Å². The molecule has 5 heteroatoms. The summed E-state index contributed by atoms with van der Waals surface area (Å²) in [6, 6.07) is 18.2. The average molecular weight is 347 g/mol. The molecule has 0 radical (unpaired) electrons. The highest BCUT2D eigenvalue weighted by Crippen LogP contribution is 2.47. The van der Waals surface area contributed by atoms with Gasteiger partial charge >= 0.3 is 0 Å². The molecule has 26 heavy (non-hydrogen) atoms. The Morgan fingerprint density at radius 1 is 1.15 bits per heavy atom. The summed E-state index contributed by atoms with van der Waals surface area (Å²) in [5, 5.41) is 2.94. The van der Waals surface area contributed by atoms with Crippen LogP contribution in [0, 0.1) is 5.92 Å². The van der Waals surface area contributed by atoms with Gasteiger partial charge in [0.05, 0.1) is 6.54 Å². The van der Waals surface area contributed by atoms with E-state index in [1.54, 1.807) is 12.4 Å². The first-order chi connectivity index (χ1) is 12.8. The lowest BCUT2D eigenvalue weighted by Crippen LogP contribution is -2.25. The first kappa shape index (κ1) is 16.4. The van der Waals surface area contributed by atoms with Gasteiger partial charge in [-0.05, 0) is 35.6 Å². The Morgan fingerprint density at radius 3 is 2.69 bits per heavy atom. The lowest BCUT2D eigenvalue weighted by molar-refractivity contribution is -0.122. The summed E-state index contributed by atoms with van der Waals surface area (Å²) in [6.07, 6.45) is 4.33. The van der Waals surface area contributed by atoms with Crippen LogP contribution >= 0.6 is 0 Å². The smallest absolute Gasteiger partial charge is 0.224 e. The van der Waals surface area contributed by atoms with Gasteiger partial charge in [-0.1, -0.05) is 42.5 Å². The molecule has 1 amide bonds. The maximum Gasteiger partial charge on any atom is 0.224 e. The summed E-state index contributed by atoms with van der Waals surface area (Å²) < 4.78 is 5.81. The van der Waals surface area contributed by atoms with Gasteiger partial charge < -0.3 is 15.0 Å². The Hall–Kier alpha value is -3.08. The number of ether oxygens (including phenoxy) is 1. The van der Waals surface area contributed by atoms with Crippen molar-refractivity contribution < 1.29 is 9.53 Å². The molecule has 1 saturated carbocycles. The molecule has 2 atom stereocenters. The molecular formula is C21H21N3O2. The van der Waals surface area contributed by atoms with Crippen molar-refractivity contribution in [1.29, 1.82) is 0 Å². The molecule has 0 spiro atoms. The Morgan fingerprint density at radius 2 is 1.96 bits per heavy atom. The fraction of sp³-hybridized carbons (Fsp3) is 0.238. The molecule has 1 aliphatic rings. The van der Waals surface area contributed by atoms with Crippen LogP contribution in [0.5, 0.6) is 5.75 Å². The predicted octanol–water partition coefficient (Wildman–Crippen LogP) is 3.41. The lowest BCUT2D eigenvalue weighted by atomic mass is 10.1. The number of nitrogens with one attached hydrogen (secondary N) is 2. The van der Waals surface area contributed by atoms with Gasteiger partial charge in [-0.2, -0.15) is 0 Å². The van der Waals surface area contributed by atoms with Crippen LogP contribution in [0.25, 0.3) is 0 Å². The van der Waals surface area contributed by atoms with Gasteiger partial charge in [-0.25, -0.2) is 4.98 Å². The summed E-state index contributed by atoms with van der Waals surface area (Å²) in [4.78, 5) is 19.3. The molecule has 5 nitrogen and oxygen atoms in total. The second-order valence-corrected chi connectivity index (χ2v) is 6.55. The Bertz CT molecular complexity index is 845. The molecule has 0 bridgehead atoms. The van der Waals surface area contributed by atoms with Crippen LogP contribution in [-0.4, -0.2) is 15.9 Å². The van der Waals surface area contributed by atoms with E-state index in [-0.39, 0.29) is 11.8 Å². The maximum atomic E-state index is 12.2. The number of aromatic amines is 1. The zero-order chi connectivity index (χ0) is 17.8. The molecule has 4 rings (SSSR count). The van der Waals surface area contributed by atoms with Crippen molar-refractivity contribution in [3.63, 3.8) is 0 Å². The second kappa shape index (κ2) is 7.44. The van der Waals surface area contributed by atoms with Crippen molar-refractivity contribution in [2.75, 3.05) is 0 Å². The molecule has 2 N–H and O–H groups in total. The number of hydrogen-bond donors (Lipinski definition) is 2. The normalized spacial score (nSPS) is 18.3. The van der Waals surface area contributed by atoms with Crippen molar-refractivity contribution in [3.05, 3.63) is 83.9 Å². The summed E-state index contributed by atoms with van der Waals surface area (Å²) >= 11 is 0. The molecule has 0 aliphatic heterocycles.